The van der Waals surface area contributed by atoms with E-state index in [2.05, 4.69) is 34.8 Å². The van der Waals surface area contributed by atoms with Crippen molar-refractivity contribution in [2.24, 2.45) is 5.10 Å². The number of ether oxygens (including phenoxy) is 3. The van der Waals surface area contributed by atoms with Crippen LogP contribution in [0.5, 0.6) is 17.2 Å². The molecule has 4 rings (SSSR count). The Balaban J connectivity index is 1.41. The molecule has 0 unspecified atom stereocenters. The molecule has 6 heteroatoms. The number of nitrogens with zero attached hydrogens (tertiary/aromatic N) is 1. The zero-order valence-corrected chi connectivity index (χ0v) is 18.4. The standard InChI is InChI=1S/C27H24N2O4/c1-31-23-13-11-21(12-14-23)27(30)29-28-17-19-10-15-25(26(16-19)32-2)33-18-22-8-5-7-20-6-3-4-9-24(20)22/h3-17H,18H2,1-2H3,(H,29,30)/b28-17-. The fraction of sp³-hybridized carbons (Fsp3) is 0.111. The largest absolute Gasteiger partial charge is 0.497 e. The van der Waals surface area contributed by atoms with Crippen molar-refractivity contribution >= 4 is 22.9 Å². The van der Waals surface area contributed by atoms with E-state index < -0.39 is 0 Å². The smallest absolute Gasteiger partial charge is 0.271 e. The molecule has 1 amide bonds. The second kappa shape index (κ2) is 10.3. The van der Waals surface area contributed by atoms with E-state index in [1.807, 2.05) is 36.4 Å². The summed E-state index contributed by atoms with van der Waals surface area (Å²) in [6, 6.07) is 26.7. The summed E-state index contributed by atoms with van der Waals surface area (Å²) in [5, 5.41) is 6.38. The summed E-state index contributed by atoms with van der Waals surface area (Å²) in [4.78, 5) is 12.2. The van der Waals surface area contributed by atoms with Gasteiger partial charge in [-0.25, -0.2) is 5.43 Å². The highest BCUT2D eigenvalue weighted by Crippen LogP contribution is 2.29. The molecule has 33 heavy (non-hydrogen) atoms. The van der Waals surface area contributed by atoms with Gasteiger partial charge in [0.25, 0.3) is 5.91 Å². The highest BCUT2D eigenvalue weighted by atomic mass is 16.5. The molecular formula is C27H24N2O4. The van der Waals surface area contributed by atoms with Crippen LogP contribution < -0.4 is 19.6 Å². The molecule has 0 saturated heterocycles. The maximum Gasteiger partial charge on any atom is 0.271 e. The highest BCUT2D eigenvalue weighted by Gasteiger charge is 2.08. The van der Waals surface area contributed by atoms with Crippen LogP contribution in [0.25, 0.3) is 10.8 Å². The Hall–Kier alpha value is -4.32. The lowest BCUT2D eigenvalue weighted by Crippen LogP contribution is -2.17. The van der Waals surface area contributed by atoms with Gasteiger partial charge in [0, 0.05) is 5.56 Å². The maximum atomic E-state index is 12.2. The van der Waals surface area contributed by atoms with Crippen LogP contribution in [0.1, 0.15) is 21.5 Å². The zero-order valence-electron chi connectivity index (χ0n) is 18.4. The van der Waals surface area contributed by atoms with Crippen molar-refractivity contribution < 1.29 is 19.0 Å². The van der Waals surface area contributed by atoms with Crippen molar-refractivity contribution in [3.8, 4) is 17.2 Å². The van der Waals surface area contributed by atoms with Crippen LogP contribution in [0.4, 0.5) is 0 Å². The second-order valence-corrected chi connectivity index (χ2v) is 7.26. The molecule has 6 nitrogen and oxygen atoms in total. The molecule has 0 aromatic heterocycles. The Morgan fingerprint density at radius 1 is 0.879 bits per heavy atom. The summed E-state index contributed by atoms with van der Waals surface area (Å²) >= 11 is 0. The van der Waals surface area contributed by atoms with Crippen molar-refractivity contribution in [2.45, 2.75) is 6.61 Å². The van der Waals surface area contributed by atoms with Crippen LogP contribution in [-0.2, 0) is 6.61 Å². The minimum Gasteiger partial charge on any atom is -0.497 e. The van der Waals surface area contributed by atoms with Gasteiger partial charge in [-0.2, -0.15) is 5.10 Å². The molecule has 0 saturated carbocycles. The number of fused-ring (bicyclic) bond motifs is 1. The molecule has 0 fully saturated rings. The van der Waals surface area contributed by atoms with E-state index in [0.29, 0.717) is 29.4 Å². The van der Waals surface area contributed by atoms with Crippen LogP contribution in [-0.4, -0.2) is 26.3 Å². The molecule has 0 aliphatic rings. The zero-order chi connectivity index (χ0) is 23.0. The Morgan fingerprint density at radius 3 is 2.45 bits per heavy atom. The third kappa shape index (κ3) is 5.30. The first-order chi connectivity index (χ1) is 16.2. The number of rotatable bonds is 8. The Kier molecular flexibility index (Phi) is 6.85. The van der Waals surface area contributed by atoms with E-state index in [0.717, 1.165) is 16.5 Å². The van der Waals surface area contributed by atoms with Gasteiger partial charge >= 0.3 is 0 Å². The molecule has 4 aromatic rings. The van der Waals surface area contributed by atoms with Crippen LogP contribution in [0, 0.1) is 0 Å². The second-order valence-electron chi connectivity index (χ2n) is 7.26. The quantitative estimate of drug-likeness (QED) is 0.302. The molecule has 0 bridgehead atoms. The number of carbonyl (C=O) groups excluding carboxylic acids is 1. The average molecular weight is 440 g/mol. The number of hydrogen-bond acceptors (Lipinski definition) is 5. The van der Waals surface area contributed by atoms with Crippen molar-refractivity contribution in [2.75, 3.05) is 14.2 Å². The Morgan fingerprint density at radius 2 is 1.67 bits per heavy atom. The van der Waals surface area contributed by atoms with Crippen LogP contribution >= 0.6 is 0 Å². The normalized spacial score (nSPS) is 10.8. The summed E-state index contributed by atoms with van der Waals surface area (Å²) < 4.78 is 16.6. The molecule has 0 aliphatic carbocycles. The van der Waals surface area contributed by atoms with Crippen LogP contribution in [0.3, 0.4) is 0 Å². The van der Waals surface area contributed by atoms with Gasteiger partial charge in [0.05, 0.1) is 20.4 Å². The SMILES string of the molecule is COc1ccc(C(=O)N/N=C\c2ccc(OCc3cccc4ccccc34)c(OC)c2)cc1. The lowest BCUT2D eigenvalue weighted by molar-refractivity contribution is 0.0955. The van der Waals surface area contributed by atoms with Crippen molar-refractivity contribution in [3.63, 3.8) is 0 Å². The predicted molar refractivity (Wildman–Crippen MR) is 129 cm³/mol. The van der Waals surface area contributed by atoms with Gasteiger partial charge in [0.2, 0.25) is 0 Å². The van der Waals surface area contributed by atoms with Gasteiger partial charge in [-0.05, 0) is 64.4 Å². The first-order valence-corrected chi connectivity index (χ1v) is 10.4. The Bertz CT molecular complexity index is 1280. The van der Waals surface area contributed by atoms with E-state index in [4.69, 9.17) is 14.2 Å². The molecular weight excluding hydrogens is 416 g/mol. The summed E-state index contributed by atoms with van der Waals surface area (Å²) in [5.41, 5.74) is 4.87. The summed E-state index contributed by atoms with van der Waals surface area (Å²) in [5.74, 6) is 1.59. The average Bonchev–Trinajstić information content (AvgIpc) is 2.87. The highest BCUT2D eigenvalue weighted by molar-refractivity contribution is 5.95. The third-order valence-electron chi connectivity index (χ3n) is 5.18. The number of benzene rings is 4. The monoisotopic (exact) mass is 440 g/mol. The van der Waals surface area contributed by atoms with E-state index >= 15 is 0 Å². The van der Waals surface area contributed by atoms with Gasteiger partial charge in [-0.1, -0.05) is 42.5 Å². The minimum atomic E-state index is -0.309. The third-order valence-corrected chi connectivity index (χ3v) is 5.18. The number of methoxy groups -OCH3 is 2. The summed E-state index contributed by atoms with van der Waals surface area (Å²) in [7, 11) is 3.17. The molecule has 0 spiro atoms. The van der Waals surface area contributed by atoms with Gasteiger partial charge in [-0.15, -0.1) is 0 Å². The first-order valence-electron chi connectivity index (χ1n) is 10.4. The molecule has 0 heterocycles. The Labute approximate surface area is 192 Å². The van der Waals surface area contributed by atoms with Crippen molar-refractivity contribution in [3.05, 3.63) is 102 Å². The first kappa shape index (κ1) is 21.9. The number of nitrogens with one attached hydrogen (secondary N) is 1. The fourth-order valence-corrected chi connectivity index (χ4v) is 3.43. The van der Waals surface area contributed by atoms with Gasteiger partial charge in [0.15, 0.2) is 11.5 Å². The van der Waals surface area contributed by atoms with Gasteiger partial charge < -0.3 is 14.2 Å². The molecule has 0 atom stereocenters. The minimum absolute atomic E-state index is 0.309. The lowest BCUT2D eigenvalue weighted by atomic mass is 10.1. The fourth-order valence-electron chi connectivity index (χ4n) is 3.43. The number of amides is 1. The molecule has 0 aliphatic heterocycles. The predicted octanol–water partition coefficient (Wildman–Crippen LogP) is 5.20. The number of carbonyl (C=O) groups is 1. The van der Waals surface area contributed by atoms with Gasteiger partial charge in [-0.3, -0.25) is 4.79 Å². The molecule has 1 N–H and O–H groups in total. The van der Waals surface area contributed by atoms with Crippen molar-refractivity contribution in [1.82, 2.24) is 5.43 Å². The number of hydrogen-bond donors (Lipinski definition) is 1. The van der Waals surface area contributed by atoms with E-state index in [1.54, 1.807) is 44.7 Å². The number of hydrazone groups is 1. The molecule has 4 aromatic carbocycles. The van der Waals surface area contributed by atoms with Crippen molar-refractivity contribution in [1.29, 1.82) is 0 Å². The maximum absolute atomic E-state index is 12.2. The van der Waals surface area contributed by atoms with Crippen LogP contribution in [0.2, 0.25) is 0 Å². The van der Waals surface area contributed by atoms with E-state index in [-0.39, 0.29) is 5.91 Å². The van der Waals surface area contributed by atoms with E-state index in [1.165, 1.54) is 5.39 Å². The summed E-state index contributed by atoms with van der Waals surface area (Å²) in [6.07, 6.45) is 1.55. The molecule has 166 valence electrons. The van der Waals surface area contributed by atoms with Crippen LogP contribution in [0.15, 0.2) is 90.0 Å². The lowest BCUT2D eigenvalue weighted by Gasteiger charge is -2.12. The topological polar surface area (TPSA) is 69.2 Å². The molecule has 0 radical (unpaired) electrons. The van der Waals surface area contributed by atoms with E-state index in [9.17, 15) is 4.79 Å². The summed E-state index contributed by atoms with van der Waals surface area (Å²) in [6.45, 7) is 0.420. The van der Waals surface area contributed by atoms with Gasteiger partial charge in [0.1, 0.15) is 12.4 Å².